The van der Waals surface area contributed by atoms with Gasteiger partial charge >= 0.3 is 0 Å². The van der Waals surface area contributed by atoms with Crippen molar-refractivity contribution in [1.29, 1.82) is 0 Å². The van der Waals surface area contributed by atoms with E-state index in [1.54, 1.807) is 0 Å². The number of anilines is 3. The number of likely N-dealkylation sites (N-methyl/N-ethyl adjacent to an activating group) is 1. The number of carbonyl (C=O) groups is 1. The fourth-order valence-corrected chi connectivity index (χ4v) is 3.77. The van der Waals surface area contributed by atoms with Crippen molar-refractivity contribution in [2.45, 2.75) is 26.4 Å². The van der Waals surface area contributed by atoms with Gasteiger partial charge in [-0.15, -0.1) is 0 Å². The van der Waals surface area contributed by atoms with Gasteiger partial charge in [-0.05, 0) is 50.2 Å². The standard InChI is InChI=1S/C24H34N4O2/c1-5-27(18-20-6-10-22(11-7-20)26(3)4)19(2)24(29)25-21-8-12-23(13-9-21)28-14-16-30-17-15-28/h6-13,19H,5,14-18H2,1-4H3,(H,25,29)/p+1/t19-/m1/s1. The highest BCUT2D eigenvalue weighted by Crippen LogP contribution is 2.19. The molecule has 0 radical (unpaired) electrons. The molecule has 0 aromatic heterocycles. The van der Waals surface area contributed by atoms with Crippen molar-refractivity contribution < 1.29 is 14.4 Å². The van der Waals surface area contributed by atoms with Crippen LogP contribution in [-0.4, -0.2) is 58.9 Å². The molecule has 0 saturated carbocycles. The van der Waals surface area contributed by atoms with Gasteiger partial charge in [0.05, 0.1) is 19.8 Å². The van der Waals surface area contributed by atoms with Crippen LogP contribution in [0, 0.1) is 0 Å². The van der Waals surface area contributed by atoms with Crippen LogP contribution in [0.4, 0.5) is 17.1 Å². The van der Waals surface area contributed by atoms with E-state index in [0.717, 1.165) is 45.1 Å². The summed E-state index contributed by atoms with van der Waals surface area (Å²) >= 11 is 0. The molecule has 2 atom stereocenters. The normalized spacial score (nSPS) is 16.1. The molecule has 1 saturated heterocycles. The number of amides is 1. The highest BCUT2D eigenvalue weighted by Gasteiger charge is 2.24. The smallest absolute Gasteiger partial charge is 0.282 e. The molecule has 1 aliphatic heterocycles. The Labute approximate surface area is 180 Å². The van der Waals surface area contributed by atoms with E-state index in [4.69, 9.17) is 4.74 Å². The number of nitrogens with zero attached hydrogens (tertiary/aromatic N) is 2. The highest BCUT2D eigenvalue weighted by atomic mass is 16.5. The first-order valence-corrected chi connectivity index (χ1v) is 10.8. The summed E-state index contributed by atoms with van der Waals surface area (Å²) in [5.41, 5.74) is 4.44. The quantitative estimate of drug-likeness (QED) is 0.698. The summed E-state index contributed by atoms with van der Waals surface area (Å²) in [4.78, 5) is 18.5. The molecule has 1 amide bonds. The first kappa shape index (κ1) is 22.1. The Morgan fingerprint density at radius 1 is 1.10 bits per heavy atom. The van der Waals surface area contributed by atoms with Gasteiger partial charge in [0, 0.05) is 49.8 Å². The third-order valence-electron chi connectivity index (χ3n) is 5.85. The fourth-order valence-electron chi connectivity index (χ4n) is 3.77. The minimum Gasteiger partial charge on any atom is -0.378 e. The van der Waals surface area contributed by atoms with Gasteiger partial charge in [-0.1, -0.05) is 12.1 Å². The van der Waals surface area contributed by atoms with Crippen molar-refractivity contribution in [2.24, 2.45) is 0 Å². The number of hydrogen-bond acceptors (Lipinski definition) is 4. The molecular weight excluding hydrogens is 376 g/mol. The zero-order valence-corrected chi connectivity index (χ0v) is 18.6. The van der Waals surface area contributed by atoms with Gasteiger partial charge in [0.1, 0.15) is 6.54 Å². The van der Waals surface area contributed by atoms with Crippen molar-refractivity contribution in [3.05, 3.63) is 54.1 Å². The molecule has 2 aromatic carbocycles. The summed E-state index contributed by atoms with van der Waals surface area (Å²) in [6.07, 6.45) is 0. The Balaban J connectivity index is 1.57. The summed E-state index contributed by atoms with van der Waals surface area (Å²) in [6, 6.07) is 16.5. The summed E-state index contributed by atoms with van der Waals surface area (Å²) in [6.45, 7) is 9.21. The number of nitrogens with one attached hydrogen (secondary N) is 2. The first-order chi connectivity index (χ1) is 14.5. The minimum absolute atomic E-state index is 0.0517. The topological polar surface area (TPSA) is 49.2 Å². The molecule has 0 bridgehead atoms. The molecule has 6 nitrogen and oxygen atoms in total. The molecule has 30 heavy (non-hydrogen) atoms. The average Bonchev–Trinajstić information content (AvgIpc) is 2.78. The lowest BCUT2D eigenvalue weighted by molar-refractivity contribution is -0.925. The molecule has 6 heteroatoms. The monoisotopic (exact) mass is 411 g/mol. The van der Waals surface area contributed by atoms with E-state index in [-0.39, 0.29) is 11.9 Å². The van der Waals surface area contributed by atoms with Crippen LogP contribution in [0.15, 0.2) is 48.5 Å². The van der Waals surface area contributed by atoms with Crippen LogP contribution in [-0.2, 0) is 16.1 Å². The molecule has 0 aliphatic carbocycles. The van der Waals surface area contributed by atoms with Crippen molar-refractivity contribution in [3.8, 4) is 0 Å². The van der Waals surface area contributed by atoms with Crippen molar-refractivity contribution in [2.75, 3.05) is 62.1 Å². The molecule has 1 aliphatic rings. The number of morpholine rings is 1. The van der Waals surface area contributed by atoms with Crippen molar-refractivity contribution in [3.63, 3.8) is 0 Å². The molecule has 1 fully saturated rings. The summed E-state index contributed by atoms with van der Waals surface area (Å²) < 4.78 is 5.41. The zero-order valence-electron chi connectivity index (χ0n) is 18.6. The van der Waals surface area contributed by atoms with Gasteiger partial charge in [0.25, 0.3) is 5.91 Å². The van der Waals surface area contributed by atoms with Crippen LogP contribution >= 0.6 is 0 Å². The Morgan fingerprint density at radius 2 is 1.73 bits per heavy atom. The number of rotatable bonds is 8. The second-order valence-corrected chi connectivity index (χ2v) is 8.11. The van der Waals surface area contributed by atoms with E-state index >= 15 is 0 Å². The van der Waals surface area contributed by atoms with Gasteiger partial charge in [-0.25, -0.2) is 0 Å². The first-order valence-electron chi connectivity index (χ1n) is 10.8. The van der Waals surface area contributed by atoms with Gasteiger partial charge in [-0.3, -0.25) is 4.79 Å². The summed E-state index contributed by atoms with van der Waals surface area (Å²) in [7, 11) is 4.08. The minimum atomic E-state index is -0.137. The maximum Gasteiger partial charge on any atom is 0.282 e. The SMILES string of the molecule is CC[NH+](Cc1ccc(N(C)C)cc1)[C@H](C)C(=O)Nc1ccc(N2CCOCC2)cc1. The number of quaternary nitrogens is 1. The Kier molecular flexibility index (Phi) is 7.71. The van der Waals surface area contributed by atoms with E-state index in [2.05, 4.69) is 58.4 Å². The summed E-state index contributed by atoms with van der Waals surface area (Å²) in [5, 5.41) is 3.09. The Hall–Kier alpha value is -2.57. The number of carbonyl (C=O) groups excluding carboxylic acids is 1. The van der Waals surface area contributed by atoms with Crippen molar-refractivity contribution in [1.82, 2.24) is 0 Å². The third kappa shape index (κ3) is 5.74. The lowest BCUT2D eigenvalue weighted by atomic mass is 10.1. The number of ether oxygens (including phenoxy) is 1. The molecule has 2 N–H and O–H groups in total. The third-order valence-corrected chi connectivity index (χ3v) is 5.85. The van der Waals surface area contributed by atoms with Crippen LogP contribution in [0.2, 0.25) is 0 Å². The second kappa shape index (κ2) is 10.5. The predicted molar refractivity (Wildman–Crippen MR) is 124 cm³/mol. The van der Waals surface area contributed by atoms with E-state index in [1.165, 1.54) is 21.8 Å². The highest BCUT2D eigenvalue weighted by molar-refractivity contribution is 5.93. The number of hydrogen-bond donors (Lipinski definition) is 2. The lowest BCUT2D eigenvalue weighted by Gasteiger charge is -2.29. The Morgan fingerprint density at radius 3 is 2.30 bits per heavy atom. The van der Waals surface area contributed by atoms with Crippen molar-refractivity contribution >= 4 is 23.0 Å². The average molecular weight is 412 g/mol. The molecular formula is C24H35N4O2+. The maximum absolute atomic E-state index is 12.9. The van der Waals surface area contributed by atoms with E-state index < -0.39 is 0 Å². The van der Waals surface area contributed by atoms with Gasteiger partial charge in [-0.2, -0.15) is 0 Å². The largest absolute Gasteiger partial charge is 0.378 e. The van der Waals surface area contributed by atoms with Crippen LogP contribution < -0.4 is 20.0 Å². The predicted octanol–water partition coefficient (Wildman–Crippen LogP) is 2.02. The molecule has 1 heterocycles. The summed E-state index contributed by atoms with van der Waals surface area (Å²) in [5.74, 6) is 0.0517. The molecule has 0 spiro atoms. The number of benzene rings is 2. The van der Waals surface area contributed by atoms with Gasteiger partial charge < -0.3 is 24.8 Å². The maximum atomic E-state index is 12.9. The molecule has 162 valence electrons. The lowest BCUT2D eigenvalue weighted by Crippen LogP contribution is -3.15. The second-order valence-electron chi connectivity index (χ2n) is 8.11. The van der Waals surface area contributed by atoms with Crippen LogP contribution in [0.25, 0.3) is 0 Å². The molecule has 2 aromatic rings. The fraction of sp³-hybridized carbons (Fsp3) is 0.458. The van der Waals surface area contributed by atoms with Gasteiger partial charge in [0.2, 0.25) is 0 Å². The molecule has 1 unspecified atom stereocenters. The van der Waals surface area contributed by atoms with E-state index in [9.17, 15) is 4.79 Å². The molecule has 3 rings (SSSR count). The van der Waals surface area contributed by atoms with Crippen LogP contribution in [0.1, 0.15) is 19.4 Å². The van der Waals surface area contributed by atoms with E-state index in [1.807, 2.05) is 33.2 Å². The Bertz CT molecular complexity index is 799. The van der Waals surface area contributed by atoms with Crippen LogP contribution in [0.3, 0.4) is 0 Å². The van der Waals surface area contributed by atoms with E-state index in [0.29, 0.717) is 0 Å². The van der Waals surface area contributed by atoms with Crippen LogP contribution in [0.5, 0.6) is 0 Å². The zero-order chi connectivity index (χ0) is 21.5. The van der Waals surface area contributed by atoms with Gasteiger partial charge in [0.15, 0.2) is 6.04 Å².